The maximum atomic E-state index is 12.2. The summed E-state index contributed by atoms with van der Waals surface area (Å²) in [5.41, 5.74) is 0.537. The molecule has 5 nitrogen and oxygen atoms in total. The van der Waals surface area contributed by atoms with Crippen molar-refractivity contribution >= 4 is 33.0 Å². The number of rotatable bonds is 7. The lowest BCUT2D eigenvalue weighted by Gasteiger charge is -2.16. The van der Waals surface area contributed by atoms with E-state index in [1.807, 2.05) is 0 Å². The normalized spacial score (nSPS) is 11.5. The number of nitrogens with one attached hydrogen (secondary N) is 1. The first kappa shape index (κ1) is 18.4. The number of likely N-dealkylation sites (N-methyl/N-ethyl adjacent to an activating group) is 1. The quantitative estimate of drug-likeness (QED) is 0.818. The van der Waals surface area contributed by atoms with E-state index in [-0.39, 0.29) is 24.7 Å². The summed E-state index contributed by atoms with van der Waals surface area (Å²) in [6.45, 7) is 0.336. The van der Waals surface area contributed by atoms with Gasteiger partial charge in [-0.15, -0.1) is 0 Å². The summed E-state index contributed by atoms with van der Waals surface area (Å²) in [7, 11) is -1.65. The van der Waals surface area contributed by atoms with Gasteiger partial charge in [0, 0.05) is 6.54 Å². The molecule has 0 radical (unpaired) electrons. The van der Waals surface area contributed by atoms with Gasteiger partial charge in [0.05, 0.1) is 27.9 Å². The van der Waals surface area contributed by atoms with E-state index in [0.29, 0.717) is 15.6 Å². The first-order valence-corrected chi connectivity index (χ1v) is 9.42. The minimum absolute atomic E-state index is 0.0487. The summed E-state index contributed by atoms with van der Waals surface area (Å²) in [5.74, 6) is -0.296. The van der Waals surface area contributed by atoms with Crippen molar-refractivity contribution in [3.8, 4) is 0 Å². The number of halogens is 1. The summed E-state index contributed by atoms with van der Waals surface area (Å²) in [5, 5.41) is 3.17. The second kappa shape index (κ2) is 8.28. The number of hydrogen-bond donors (Lipinski definition) is 1. The van der Waals surface area contributed by atoms with E-state index in [9.17, 15) is 13.2 Å². The van der Waals surface area contributed by atoms with Gasteiger partial charge in [-0.1, -0.05) is 41.9 Å². The summed E-state index contributed by atoms with van der Waals surface area (Å²) in [6, 6.07) is 15.2. The first-order chi connectivity index (χ1) is 11.4. The Morgan fingerprint density at radius 1 is 1.08 bits per heavy atom. The number of nitrogens with zero attached hydrogens (tertiary/aromatic N) is 1. The molecule has 24 heavy (non-hydrogen) atoms. The minimum atomic E-state index is -3.35. The Labute approximate surface area is 147 Å². The molecule has 2 aromatic carbocycles. The van der Waals surface area contributed by atoms with Crippen LogP contribution in [0.1, 0.15) is 0 Å². The van der Waals surface area contributed by atoms with Crippen LogP contribution in [-0.4, -0.2) is 45.1 Å². The fourth-order valence-corrected chi connectivity index (χ4v) is 3.64. The van der Waals surface area contributed by atoms with Gasteiger partial charge in [0.1, 0.15) is 0 Å². The summed E-state index contributed by atoms with van der Waals surface area (Å²) < 4.78 is 24.4. The number of sulfone groups is 1. The Morgan fingerprint density at radius 3 is 2.38 bits per heavy atom. The van der Waals surface area contributed by atoms with Crippen LogP contribution < -0.4 is 5.32 Å². The molecule has 0 aromatic heterocycles. The van der Waals surface area contributed by atoms with E-state index >= 15 is 0 Å². The molecule has 1 N–H and O–H groups in total. The van der Waals surface area contributed by atoms with Crippen LogP contribution in [0.4, 0.5) is 5.69 Å². The molecule has 0 aliphatic rings. The van der Waals surface area contributed by atoms with E-state index in [4.69, 9.17) is 11.6 Å². The highest BCUT2D eigenvalue weighted by atomic mass is 35.5. The molecule has 0 spiro atoms. The van der Waals surface area contributed by atoms with Crippen LogP contribution in [0.25, 0.3) is 0 Å². The lowest BCUT2D eigenvalue weighted by Crippen LogP contribution is -2.33. The number of hydrogen-bond acceptors (Lipinski definition) is 4. The minimum Gasteiger partial charge on any atom is -0.324 e. The van der Waals surface area contributed by atoms with E-state index in [0.717, 1.165) is 0 Å². The lowest BCUT2D eigenvalue weighted by molar-refractivity contribution is -0.117. The number of para-hydroxylation sites is 1. The van der Waals surface area contributed by atoms with E-state index < -0.39 is 9.84 Å². The maximum absolute atomic E-state index is 12.2. The first-order valence-electron chi connectivity index (χ1n) is 7.39. The topological polar surface area (TPSA) is 66.5 Å². The van der Waals surface area contributed by atoms with Crippen molar-refractivity contribution < 1.29 is 13.2 Å². The highest BCUT2D eigenvalue weighted by molar-refractivity contribution is 7.91. The van der Waals surface area contributed by atoms with Gasteiger partial charge in [-0.25, -0.2) is 8.42 Å². The third kappa shape index (κ3) is 5.33. The zero-order chi connectivity index (χ0) is 17.6. The molecule has 0 saturated heterocycles. The van der Waals surface area contributed by atoms with Gasteiger partial charge in [-0.3, -0.25) is 9.69 Å². The Bertz CT molecular complexity index is 794. The van der Waals surface area contributed by atoms with Crippen molar-refractivity contribution in [3.63, 3.8) is 0 Å². The van der Waals surface area contributed by atoms with Crippen molar-refractivity contribution in [3.05, 3.63) is 59.6 Å². The van der Waals surface area contributed by atoms with Gasteiger partial charge < -0.3 is 5.32 Å². The highest BCUT2D eigenvalue weighted by Gasteiger charge is 2.16. The average Bonchev–Trinajstić information content (AvgIpc) is 2.56. The van der Waals surface area contributed by atoms with Crippen molar-refractivity contribution in [2.75, 3.05) is 31.2 Å². The fraction of sp³-hybridized carbons (Fsp3) is 0.235. The molecule has 0 fully saturated rings. The fourth-order valence-electron chi connectivity index (χ4n) is 2.10. The second-order valence-corrected chi connectivity index (χ2v) is 7.91. The molecule has 0 saturated carbocycles. The van der Waals surface area contributed by atoms with Crippen LogP contribution in [-0.2, 0) is 14.6 Å². The van der Waals surface area contributed by atoms with E-state index in [2.05, 4.69) is 5.32 Å². The second-order valence-electron chi connectivity index (χ2n) is 5.40. The molecule has 1 amide bonds. The van der Waals surface area contributed by atoms with Crippen LogP contribution >= 0.6 is 11.6 Å². The van der Waals surface area contributed by atoms with Crippen molar-refractivity contribution in [1.29, 1.82) is 0 Å². The van der Waals surface area contributed by atoms with Crippen LogP contribution in [0.5, 0.6) is 0 Å². The van der Waals surface area contributed by atoms with E-state index in [1.54, 1.807) is 66.5 Å². The smallest absolute Gasteiger partial charge is 0.238 e. The number of carbonyl (C=O) groups is 1. The molecule has 0 bridgehead atoms. The molecule has 2 rings (SSSR count). The third-order valence-corrected chi connectivity index (χ3v) is 5.45. The van der Waals surface area contributed by atoms with E-state index in [1.165, 1.54) is 0 Å². The van der Waals surface area contributed by atoms with Gasteiger partial charge in [-0.05, 0) is 31.3 Å². The Kier molecular flexibility index (Phi) is 6.36. The van der Waals surface area contributed by atoms with Crippen molar-refractivity contribution in [1.82, 2.24) is 4.90 Å². The highest BCUT2D eigenvalue weighted by Crippen LogP contribution is 2.20. The molecular weight excluding hydrogens is 348 g/mol. The van der Waals surface area contributed by atoms with Crippen LogP contribution in [0.15, 0.2) is 59.5 Å². The molecule has 2 aromatic rings. The third-order valence-electron chi connectivity index (χ3n) is 3.41. The summed E-state index contributed by atoms with van der Waals surface area (Å²) in [6.07, 6.45) is 0. The van der Waals surface area contributed by atoms with Gasteiger partial charge in [0.25, 0.3) is 0 Å². The van der Waals surface area contributed by atoms with Gasteiger partial charge in [0.15, 0.2) is 9.84 Å². The molecule has 0 atom stereocenters. The molecule has 0 unspecified atom stereocenters. The molecular formula is C17H19ClN2O3S. The Balaban J connectivity index is 1.86. The number of amides is 1. The van der Waals surface area contributed by atoms with Gasteiger partial charge in [0.2, 0.25) is 5.91 Å². The predicted molar refractivity (Wildman–Crippen MR) is 96.1 cm³/mol. The maximum Gasteiger partial charge on any atom is 0.238 e. The summed E-state index contributed by atoms with van der Waals surface area (Å²) >= 11 is 5.99. The van der Waals surface area contributed by atoms with Crippen LogP contribution in [0.3, 0.4) is 0 Å². The van der Waals surface area contributed by atoms with Gasteiger partial charge in [-0.2, -0.15) is 0 Å². The van der Waals surface area contributed by atoms with Crippen molar-refractivity contribution in [2.45, 2.75) is 4.90 Å². The average molecular weight is 367 g/mol. The predicted octanol–water partition coefficient (Wildman–Crippen LogP) is 2.68. The monoisotopic (exact) mass is 366 g/mol. The Morgan fingerprint density at radius 2 is 1.71 bits per heavy atom. The SMILES string of the molecule is CN(CCS(=O)(=O)c1ccccc1)CC(=O)Nc1ccccc1Cl. The number of carbonyl (C=O) groups excluding carboxylic acids is 1. The molecule has 7 heteroatoms. The van der Waals surface area contributed by atoms with Gasteiger partial charge >= 0.3 is 0 Å². The standard InChI is InChI=1S/C17H19ClN2O3S/c1-20(11-12-24(22,23)14-7-3-2-4-8-14)13-17(21)19-16-10-6-5-9-15(16)18/h2-10H,11-13H2,1H3,(H,19,21). The van der Waals surface area contributed by atoms with Crippen LogP contribution in [0.2, 0.25) is 5.02 Å². The molecule has 0 aliphatic carbocycles. The Hall–Kier alpha value is -1.89. The van der Waals surface area contributed by atoms with Crippen molar-refractivity contribution in [2.24, 2.45) is 0 Å². The zero-order valence-corrected chi connectivity index (χ0v) is 14.8. The molecule has 0 aliphatic heterocycles. The number of anilines is 1. The number of benzene rings is 2. The van der Waals surface area contributed by atoms with Crippen LogP contribution in [0, 0.1) is 0 Å². The molecule has 128 valence electrons. The summed E-state index contributed by atoms with van der Waals surface area (Å²) in [4.78, 5) is 14.0. The molecule has 0 heterocycles. The zero-order valence-electron chi connectivity index (χ0n) is 13.3. The lowest BCUT2D eigenvalue weighted by atomic mass is 10.3. The largest absolute Gasteiger partial charge is 0.324 e.